The second kappa shape index (κ2) is 6.78. The highest BCUT2D eigenvalue weighted by Crippen LogP contribution is 2.33. The van der Waals surface area contributed by atoms with E-state index in [1.165, 1.54) is 13.2 Å². The van der Waals surface area contributed by atoms with Crippen LogP contribution in [0, 0.1) is 5.92 Å². The average Bonchev–Trinajstić information content (AvgIpc) is 2.58. The maximum atomic E-state index is 12.1. The van der Waals surface area contributed by atoms with Gasteiger partial charge in [0.25, 0.3) is 0 Å². The Balaban J connectivity index is 2.25. The lowest BCUT2D eigenvalue weighted by Crippen LogP contribution is -2.27. The quantitative estimate of drug-likeness (QED) is 0.795. The van der Waals surface area contributed by atoms with Gasteiger partial charge < -0.3 is 10.1 Å². The smallest absolute Gasteiger partial charge is 0.240 e. The summed E-state index contributed by atoms with van der Waals surface area (Å²) in [6.45, 7) is 2.35. The lowest BCUT2D eigenvalue weighted by molar-refractivity contribution is -0.118. The molecule has 2 N–H and O–H groups in total. The van der Waals surface area contributed by atoms with Gasteiger partial charge in [-0.05, 0) is 18.2 Å². The molecule has 1 aromatic rings. The highest BCUT2D eigenvalue weighted by Gasteiger charge is 2.22. The van der Waals surface area contributed by atoms with Crippen molar-refractivity contribution in [2.45, 2.75) is 16.7 Å². The molecule has 0 aliphatic carbocycles. The monoisotopic (exact) mass is 330 g/mol. The van der Waals surface area contributed by atoms with E-state index in [-0.39, 0.29) is 23.3 Å². The summed E-state index contributed by atoms with van der Waals surface area (Å²) in [6.07, 6.45) is 0. The van der Waals surface area contributed by atoms with Crippen LogP contribution in [0.3, 0.4) is 0 Å². The molecule has 21 heavy (non-hydrogen) atoms. The first-order valence-corrected chi connectivity index (χ1v) is 8.97. The molecular weight excluding hydrogens is 312 g/mol. The maximum absolute atomic E-state index is 12.1. The zero-order valence-electron chi connectivity index (χ0n) is 11.9. The SMILES string of the molecule is COCCNS(=O)(=O)c1ccc2c(c1)NC(=O)C(C)CS2. The molecule has 1 unspecified atom stereocenters. The molecule has 116 valence electrons. The fourth-order valence-corrected chi connectivity index (χ4v) is 3.86. The molecular formula is C13H18N2O4S2. The van der Waals surface area contributed by atoms with E-state index in [1.54, 1.807) is 23.9 Å². The highest BCUT2D eigenvalue weighted by atomic mass is 32.2. The number of ether oxygens (including phenoxy) is 1. The third kappa shape index (κ3) is 3.97. The predicted molar refractivity (Wildman–Crippen MR) is 82.0 cm³/mol. The van der Waals surface area contributed by atoms with E-state index in [0.29, 0.717) is 18.0 Å². The van der Waals surface area contributed by atoms with Gasteiger partial charge in [0.1, 0.15) is 0 Å². The van der Waals surface area contributed by atoms with Gasteiger partial charge in [-0.25, -0.2) is 13.1 Å². The Morgan fingerprint density at radius 1 is 1.48 bits per heavy atom. The van der Waals surface area contributed by atoms with Crippen molar-refractivity contribution in [2.75, 3.05) is 31.3 Å². The number of carbonyl (C=O) groups is 1. The molecule has 0 fully saturated rings. The van der Waals surface area contributed by atoms with Gasteiger partial charge in [0.2, 0.25) is 15.9 Å². The van der Waals surface area contributed by atoms with Crippen molar-refractivity contribution >= 4 is 33.4 Å². The number of methoxy groups -OCH3 is 1. The number of amides is 1. The second-order valence-corrected chi connectivity index (χ2v) is 7.58. The molecule has 0 radical (unpaired) electrons. The standard InChI is InChI=1S/C13H18N2O4S2/c1-9-8-20-12-4-3-10(7-11(12)15-13(9)16)21(17,18)14-5-6-19-2/h3-4,7,9,14H,5-6,8H2,1-2H3,(H,15,16). The van der Waals surface area contributed by atoms with Gasteiger partial charge in [-0.2, -0.15) is 0 Å². The molecule has 1 aromatic carbocycles. The first-order chi connectivity index (χ1) is 9.94. The molecule has 2 rings (SSSR count). The number of fused-ring (bicyclic) bond motifs is 1. The Hall–Kier alpha value is -1.09. The number of thioether (sulfide) groups is 1. The molecule has 6 nitrogen and oxygen atoms in total. The fraction of sp³-hybridized carbons (Fsp3) is 0.462. The molecule has 0 spiro atoms. The molecule has 0 aromatic heterocycles. The minimum Gasteiger partial charge on any atom is -0.383 e. The van der Waals surface area contributed by atoms with E-state index in [1.807, 2.05) is 6.92 Å². The lowest BCUT2D eigenvalue weighted by Gasteiger charge is -2.10. The summed E-state index contributed by atoms with van der Waals surface area (Å²) in [5, 5.41) is 2.78. The summed E-state index contributed by atoms with van der Waals surface area (Å²) in [6, 6.07) is 4.76. The van der Waals surface area contributed by atoms with Crippen molar-refractivity contribution in [3.63, 3.8) is 0 Å². The number of nitrogens with one attached hydrogen (secondary N) is 2. The fourth-order valence-electron chi connectivity index (χ4n) is 1.81. The molecule has 1 aliphatic heterocycles. The number of hydrogen-bond donors (Lipinski definition) is 2. The minimum atomic E-state index is -3.60. The Bertz CT molecular complexity index is 631. The zero-order chi connectivity index (χ0) is 15.5. The van der Waals surface area contributed by atoms with Crippen molar-refractivity contribution in [1.82, 2.24) is 4.72 Å². The van der Waals surface area contributed by atoms with Crippen LogP contribution in [0.15, 0.2) is 28.0 Å². The normalized spacial score (nSPS) is 18.8. The third-order valence-corrected chi connectivity index (χ3v) is 5.85. The van der Waals surface area contributed by atoms with Gasteiger partial charge in [-0.15, -0.1) is 11.8 Å². The minimum absolute atomic E-state index is 0.0943. The Morgan fingerprint density at radius 2 is 2.24 bits per heavy atom. The van der Waals surface area contributed by atoms with Crippen LogP contribution in [0.5, 0.6) is 0 Å². The largest absolute Gasteiger partial charge is 0.383 e. The first-order valence-electron chi connectivity index (χ1n) is 6.50. The molecule has 0 saturated carbocycles. The van der Waals surface area contributed by atoms with Crippen LogP contribution >= 0.6 is 11.8 Å². The average molecular weight is 330 g/mol. The number of sulfonamides is 1. The highest BCUT2D eigenvalue weighted by molar-refractivity contribution is 7.99. The van der Waals surface area contributed by atoms with Crippen LogP contribution in [0.25, 0.3) is 0 Å². The molecule has 1 atom stereocenters. The zero-order valence-corrected chi connectivity index (χ0v) is 13.5. The number of anilines is 1. The second-order valence-electron chi connectivity index (χ2n) is 4.75. The van der Waals surface area contributed by atoms with E-state index in [9.17, 15) is 13.2 Å². The summed E-state index contributed by atoms with van der Waals surface area (Å²) in [5.41, 5.74) is 0.545. The molecule has 0 saturated heterocycles. The maximum Gasteiger partial charge on any atom is 0.240 e. The van der Waals surface area contributed by atoms with Crippen LogP contribution in [0.2, 0.25) is 0 Å². The lowest BCUT2D eigenvalue weighted by atomic mass is 10.2. The van der Waals surface area contributed by atoms with Crippen molar-refractivity contribution in [2.24, 2.45) is 5.92 Å². The Kier molecular flexibility index (Phi) is 5.26. The number of carbonyl (C=O) groups excluding carboxylic acids is 1. The first kappa shape index (κ1) is 16.3. The number of benzene rings is 1. The Morgan fingerprint density at radius 3 is 2.95 bits per heavy atom. The molecule has 1 amide bonds. The van der Waals surface area contributed by atoms with E-state index >= 15 is 0 Å². The van der Waals surface area contributed by atoms with Gasteiger partial charge in [0, 0.05) is 30.2 Å². The van der Waals surface area contributed by atoms with E-state index in [4.69, 9.17) is 4.74 Å². The van der Waals surface area contributed by atoms with Crippen molar-refractivity contribution < 1.29 is 17.9 Å². The third-order valence-electron chi connectivity index (χ3n) is 3.05. The van der Waals surface area contributed by atoms with Crippen molar-refractivity contribution in [3.05, 3.63) is 18.2 Å². The van der Waals surface area contributed by atoms with Crippen LogP contribution in [-0.4, -0.2) is 40.3 Å². The molecule has 8 heteroatoms. The van der Waals surface area contributed by atoms with Crippen LogP contribution in [-0.2, 0) is 19.6 Å². The summed E-state index contributed by atoms with van der Waals surface area (Å²) in [7, 11) is -2.09. The van der Waals surface area contributed by atoms with Gasteiger partial charge in [0.15, 0.2) is 0 Å². The summed E-state index contributed by atoms with van der Waals surface area (Å²) >= 11 is 1.54. The number of rotatable bonds is 5. The van der Waals surface area contributed by atoms with Crippen LogP contribution < -0.4 is 10.0 Å². The number of hydrogen-bond acceptors (Lipinski definition) is 5. The van der Waals surface area contributed by atoms with Gasteiger partial charge >= 0.3 is 0 Å². The Labute approximate surface area is 128 Å². The predicted octanol–water partition coefficient (Wildman–Crippen LogP) is 1.29. The summed E-state index contributed by atoms with van der Waals surface area (Å²) in [4.78, 5) is 12.9. The summed E-state index contributed by atoms with van der Waals surface area (Å²) in [5.74, 6) is 0.474. The van der Waals surface area contributed by atoms with E-state index in [0.717, 1.165) is 4.90 Å². The van der Waals surface area contributed by atoms with Crippen molar-refractivity contribution in [1.29, 1.82) is 0 Å². The molecule has 1 heterocycles. The summed E-state index contributed by atoms with van der Waals surface area (Å²) < 4.78 is 31.5. The van der Waals surface area contributed by atoms with Crippen molar-refractivity contribution in [3.8, 4) is 0 Å². The van der Waals surface area contributed by atoms with Gasteiger partial charge in [-0.1, -0.05) is 6.92 Å². The van der Waals surface area contributed by atoms with E-state index < -0.39 is 10.0 Å². The van der Waals surface area contributed by atoms with Gasteiger partial charge in [-0.3, -0.25) is 4.79 Å². The van der Waals surface area contributed by atoms with E-state index in [2.05, 4.69) is 10.0 Å². The van der Waals surface area contributed by atoms with Gasteiger partial charge in [0.05, 0.1) is 17.2 Å². The molecule has 0 bridgehead atoms. The van der Waals surface area contributed by atoms with Crippen LogP contribution in [0.1, 0.15) is 6.92 Å². The molecule has 1 aliphatic rings. The van der Waals surface area contributed by atoms with Crippen LogP contribution in [0.4, 0.5) is 5.69 Å². The topological polar surface area (TPSA) is 84.5 Å².